The number of nitrogens with one attached hydrogen (secondary N) is 1. The smallest absolute Gasteiger partial charge is 0.0767 e. The fraction of sp³-hybridized carbons (Fsp3) is 0.400. The van der Waals surface area contributed by atoms with Crippen molar-refractivity contribution in [1.29, 1.82) is 0 Å². The van der Waals surface area contributed by atoms with Crippen LogP contribution in [0.15, 0.2) is 28.7 Å². The van der Waals surface area contributed by atoms with Crippen molar-refractivity contribution in [3.05, 3.63) is 50.7 Å². The molecule has 1 aromatic heterocycles. The minimum atomic E-state index is 0.785. The Morgan fingerprint density at radius 3 is 2.60 bits per heavy atom. The number of hydrogen-bond acceptors (Lipinski definition) is 2. The Labute approximate surface area is 133 Å². The van der Waals surface area contributed by atoms with Crippen molar-refractivity contribution in [2.75, 3.05) is 6.54 Å². The zero-order valence-corrected chi connectivity index (χ0v) is 14.1. The zero-order valence-electron chi connectivity index (χ0n) is 11.8. The van der Waals surface area contributed by atoms with Crippen molar-refractivity contribution in [2.45, 2.75) is 26.3 Å². The van der Waals surface area contributed by atoms with Crippen LogP contribution >= 0.6 is 27.5 Å². The monoisotopic (exact) mass is 355 g/mol. The fourth-order valence-corrected chi connectivity index (χ4v) is 2.98. The lowest BCUT2D eigenvalue weighted by atomic mass is 10.1. The molecule has 1 aromatic carbocycles. The molecule has 0 atom stereocenters. The first kappa shape index (κ1) is 15.5. The van der Waals surface area contributed by atoms with Gasteiger partial charge in [0.15, 0.2) is 0 Å². The van der Waals surface area contributed by atoms with Crippen molar-refractivity contribution < 1.29 is 0 Å². The van der Waals surface area contributed by atoms with E-state index in [1.807, 2.05) is 23.9 Å². The zero-order chi connectivity index (χ0) is 14.5. The van der Waals surface area contributed by atoms with Crippen molar-refractivity contribution in [1.82, 2.24) is 15.1 Å². The summed E-state index contributed by atoms with van der Waals surface area (Å²) in [5.41, 5.74) is 3.60. The van der Waals surface area contributed by atoms with Gasteiger partial charge in [0, 0.05) is 18.6 Å². The lowest BCUT2D eigenvalue weighted by Crippen LogP contribution is -2.18. The van der Waals surface area contributed by atoms with Gasteiger partial charge in [-0.1, -0.05) is 30.7 Å². The van der Waals surface area contributed by atoms with Gasteiger partial charge >= 0.3 is 0 Å². The number of hydrogen-bond donors (Lipinski definition) is 1. The van der Waals surface area contributed by atoms with E-state index in [2.05, 4.69) is 45.4 Å². The number of rotatable bonds is 6. The normalized spacial score (nSPS) is 11.0. The molecule has 0 spiro atoms. The second-order valence-corrected chi connectivity index (χ2v) is 5.97. The number of aryl methyl sites for hydroxylation is 2. The van der Waals surface area contributed by atoms with Gasteiger partial charge < -0.3 is 5.32 Å². The summed E-state index contributed by atoms with van der Waals surface area (Å²) < 4.78 is 3.07. The van der Waals surface area contributed by atoms with Gasteiger partial charge in [-0.15, -0.1) is 0 Å². The molecule has 1 N–H and O–H groups in total. The molecular weight excluding hydrogens is 338 g/mol. The predicted octanol–water partition coefficient (Wildman–Crippen LogP) is 3.73. The Hall–Kier alpha value is -0.840. The van der Waals surface area contributed by atoms with Crippen molar-refractivity contribution in [3.8, 4) is 0 Å². The molecule has 0 amide bonds. The van der Waals surface area contributed by atoms with Gasteiger partial charge in [-0.2, -0.15) is 5.10 Å². The molecule has 0 aliphatic heterocycles. The largest absolute Gasteiger partial charge is 0.311 e. The lowest BCUT2D eigenvalue weighted by Gasteiger charge is -2.06. The Balaban J connectivity index is 1.84. The molecular formula is C15H19BrClN3. The third-order valence-electron chi connectivity index (χ3n) is 3.30. The molecule has 2 rings (SSSR count). The van der Waals surface area contributed by atoms with Gasteiger partial charge in [0.05, 0.1) is 15.9 Å². The number of benzene rings is 1. The average Bonchev–Trinajstić information content (AvgIpc) is 2.72. The molecule has 108 valence electrons. The first-order valence-corrected chi connectivity index (χ1v) is 7.94. The molecule has 20 heavy (non-hydrogen) atoms. The van der Waals surface area contributed by atoms with Crippen LogP contribution in [0.1, 0.15) is 23.9 Å². The number of aromatic nitrogens is 2. The van der Waals surface area contributed by atoms with E-state index in [0.717, 1.165) is 41.1 Å². The van der Waals surface area contributed by atoms with Gasteiger partial charge in [0.25, 0.3) is 0 Å². The van der Waals surface area contributed by atoms with E-state index < -0.39 is 0 Å². The highest BCUT2D eigenvalue weighted by molar-refractivity contribution is 9.10. The molecule has 0 saturated carbocycles. The van der Waals surface area contributed by atoms with E-state index >= 15 is 0 Å². The summed E-state index contributed by atoms with van der Waals surface area (Å²) in [6.45, 7) is 3.86. The SMILES string of the molecule is CCc1nn(C)c(CNCCc2ccc(Cl)cc2)c1Br. The van der Waals surface area contributed by atoms with Crippen molar-refractivity contribution in [2.24, 2.45) is 7.05 Å². The van der Waals surface area contributed by atoms with Gasteiger partial charge in [0.2, 0.25) is 0 Å². The summed E-state index contributed by atoms with van der Waals surface area (Å²) >= 11 is 9.50. The molecule has 2 aromatic rings. The van der Waals surface area contributed by atoms with Crippen LogP contribution in [-0.4, -0.2) is 16.3 Å². The summed E-state index contributed by atoms with van der Waals surface area (Å²) in [6.07, 6.45) is 1.94. The van der Waals surface area contributed by atoms with Gasteiger partial charge in [-0.3, -0.25) is 4.68 Å². The summed E-state index contributed by atoms with van der Waals surface area (Å²) in [4.78, 5) is 0. The average molecular weight is 357 g/mol. The van der Waals surface area contributed by atoms with Crippen LogP contribution in [0.4, 0.5) is 0 Å². The Morgan fingerprint density at radius 1 is 1.30 bits per heavy atom. The van der Waals surface area contributed by atoms with E-state index in [4.69, 9.17) is 11.6 Å². The second-order valence-electron chi connectivity index (χ2n) is 4.74. The first-order chi connectivity index (χ1) is 9.61. The van der Waals surface area contributed by atoms with Crippen molar-refractivity contribution >= 4 is 27.5 Å². The topological polar surface area (TPSA) is 29.9 Å². The third kappa shape index (κ3) is 3.84. The van der Waals surface area contributed by atoms with Gasteiger partial charge in [-0.05, 0) is 53.0 Å². The molecule has 0 bridgehead atoms. The van der Waals surface area contributed by atoms with Crippen LogP contribution in [-0.2, 0) is 26.4 Å². The Kier molecular flexibility index (Phi) is 5.64. The molecule has 0 fully saturated rings. The molecule has 0 saturated heterocycles. The van der Waals surface area contributed by atoms with Gasteiger partial charge in [0.1, 0.15) is 0 Å². The van der Waals surface area contributed by atoms with Gasteiger partial charge in [-0.25, -0.2) is 0 Å². The molecule has 5 heteroatoms. The summed E-state index contributed by atoms with van der Waals surface area (Å²) in [7, 11) is 1.99. The lowest BCUT2D eigenvalue weighted by molar-refractivity contribution is 0.622. The maximum Gasteiger partial charge on any atom is 0.0767 e. The minimum Gasteiger partial charge on any atom is -0.311 e. The van der Waals surface area contributed by atoms with Crippen LogP contribution in [0.3, 0.4) is 0 Å². The molecule has 1 heterocycles. The summed E-state index contributed by atoms with van der Waals surface area (Å²) in [5, 5.41) is 8.74. The van der Waals surface area contributed by atoms with E-state index in [-0.39, 0.29) is 0 Å². The highest BCUT2D eigenvalue weighted by atomic mass is 79.9. The number of halogens is 2. The third-order valence-corrected chi connectivity index (χ3v) is 4.47. The second kappa shape index (κ2) is 7.25. The van der Waals surface area contributed by atoms with Crippen LogP contribution < -0.4 is 5.32 Å². The van der Waals surface area contributed by atoms with Crippen LogP contribution in [0.5, 0.6) is 0 Å². The quantitative estimate of drug-likeness (QED) is 0.799. The predicted molar refractivity (Wildman–Crippen MR) is 87.1 cm³/mol. The van der Waals surface area contributed by atoms with Crippen LogP contribution in [0.2, 0.25) is 5.02 Å². The maximum absolute atomic E-state index is 5.87. The molecule has 0 radical (unpaired) electrons. The first-order valence-electron chi connectivity index (χ1n) is 6.77. The van der Waals surface area contributed by atoms with Crippen molar-refractivity contribution in [3.63, 3.8) is 0 Å². The Morgan fingerprint density at radius 2 is 2.00 bits per heavy atom. The van der Waals surface area contributed by atoms with E-state index in [1.54, 1.807) is 0 Å². The molecule has 0 aliphatic rings. The van der Waals surface area contributed by atoms with E-state index in [1.165, 1.54) is 11.3 Å². The standard InChI is InChI=1S/C15H19BrClN3/c1-3-13-15(16)14(20(2)19-13)10-18-9-8-11-4-6-12(17)7-5-11/h4-7,18H,3,8-10H2,1-2H3. The number of nitrogens with zero attached hydrogens (tertiary/aromatic N) is 2. The molecule has 3 nitrogen and oxygen atoms in total. The summed E-state index contributed by atoms with van der Waals surface area (Å²) in [5.74, 6) is 0. The van der Waals surface area contributed by atoms with E-state index in [0.29, 0.717) is 0 Å². The Bertz CT molecular complexity index is 563. The van der Waals surface area contributed by atoms with E-state index in [9.17, 15) is 0 Å². The van der Waals surface area contributed by atoms with Crippen LogP contribution in [0.25, 0.3) is 0 Å². The fourth-order valence-electron chi connectivity index (χ4n) is 2.10. The molecule has 0 unspecified atom stereocenters. The van der Waals surface area contributed by atoms with Crippen LogP contribution in [0, 0.1) is 0 Å². The highest BCUT2D eigenvalue weighted by Gasteiger charge is 2.11. The maximum atomic E-state index is 5.87. The minimum absolute atomic E-state index is 0.785. The molecule has 0 aliphatic carbocycles. The summed E-state index contributed by atoms with van der Waals surface area (Å²) in [6, 6.07) is 8.00. The highest BCUT2D eigenvalue weighted by Crippen LogP contribution is 2.21.